The lowest BCUT2D eigenvalue weighted by molar-refractivity contribution is -0.115. The van der Waals surface area contributed by atoms with Crippen LogP contribution in [0.1, 0.15) is 54.3 Å². The van der Waals surface area contributed by atoms with E-state index in [1.54, 1.807) is 12.1 Å². The quantitative estimate of drug-likeness (QED) is 0.553. The van der Waals surface area contributed by atoms with Crippen molar-refractivity contribution >= 4 is 23.4 Å². The van der Waals surface area contributed by atoms with Crippen molar-refractivity contribution in [1.82, 2.24) is 14.8 Å². The SMILES string of the molecule is O=C(Nc1ccc(F)cc1)C(Sc1nnc(C2CC2)n1C1CC1)c1ccccc1. The van der Waals surface area contributed by atoms with Crippen LogP contribution in [0.25, 0.3) is 0 Å². The average Bonchev–Trinajstić information content (AvgIpc) is 3.67. The highest BCUT2D eigenvalue weighted by Gasteiger charge is 2.37. The van der Waals surface area contributed by atoms with Crippen LogP contribution >= 0.6 is 11.8 Å². The maximum Gasteiger partial charge on any atom is 0.242 e. The highest BCUT2D eigenvalue weighted by molar-refractivity contribution is 8.00. The van der Waals surface area contributed by atoms with Gasteiger partial charge in [0.1, 0.15) is 16.9 Å². The third-order valence-corrected chi connectivity index (χ3v) is 6.43. The predicted molar refractivity (Wildman–Crippen MR) is 110 cm³/mol. The summed E-state index contributed by atoms with van der Waals surface area (Å²) >= 11 is 1.44. The molecule has 1 amide bonds. The molecule has 7 heteroatoms. The summed E-state index contributed by atoms with van der Waals surface area (Å²) in [5.74, 6) is 1.09. The number of aromatic nitrogens is 3. The van der Waals surface area contributed by atoms with E-state index in [0.717, 1.165) is 29.4 Å². The van der Waals surface area contributed by atoms with E-state index < -0.39 is 5.25 Å². The highest BCUT2D eigenvalue weighted by atomic mass is 32.2. The molecule has 2 aliphatic rings. The first-order valence-electron chi connectivity index (χ1n) is 9.92. The van der Waals surface area contributed by atoms with Crippen LogP contribution in [0.3, 0.4) is 0 Å². The maximum atomic E-state index is 13.2. The van der Waals surface area contributed by atoms with Crippen molar-refractivity contribution in [3.63, 3.8) is 0 Å². The number of rotatable bonds is 7. The lowest BCUT2D eigenvalue weighted by Crippen LogP contribution is -2.19. The minimum atomic E-state index is -0.477. The monoisotopic (exact) mass is 408 g/mol. The van der Waals surface area contributed by atoms with Gasteiger partial charge in [-0.2, -0.15) is 0 Å². The van der Waals surface area contributed by atoms with Gasteiger partial charge in [-0.3, -0.25) is 4.79 Å². The second kappa shape index (κ2) is 7.63. The molecule has 0 aliphatic heterocycles. The third kappa shape index (κ3) is 4.05. The molecule has 3 aromatic rings. The third-order valence-electron chi connectivity index (χ3n) is 5.22. The topological polar surface area (TPSA) is 59.8 Å². The molecule has 29 heavy (non-hydrogen) atoms. The van der Waals surface area contributed by atoms with E-state index in [4.69, 9.17) is 0 Å². The van der Waals surface area contributed by atoms with Gasteiger partial charge in [0.05, 0.1) is 0 Å². The van der Waals surface area contributed by atoms with Crippen LogP contribution in [-0.4, -0.2) is 20.7 Å². The number of thioether (sulfide) groups is 1. The van der Waals surface area contributed by atoms with Crippen molar-refractivity contribution in [2.45, 2.75) is 48.0 Å². The van der Waals surface area contributed by atoms with E-state index >= 15 is 0 Å². The van der Waals surface area contributed by atoms with Gasteiger partial charge < -0.3 is 9.88 Å². The molecule has 2 aromatic carbocycles. The number of amides is 1. The zero-order chi connectivity index (χ0) is 19.8. The van der Waals surface area contributed by atoms with Gasteiger partial charge in [0, 0.05) is 17.6 Å². The number of halogens is 1. The number of hydrogen-bond acceptors (Lipinski definition) is 4. The molecule has 0 bridgehead atoms. The number of anilines is 1. The predicted octanol–water partition coefficient (Wildman–Crippen LogP) is 5.10. The Morgan fingerprint density at radius 3 is 2.41 bits per heavy atom. The average molecular weight is 409 g/mol. The first-order chi connectivity index (χ1) is 14.2. The van der Waals surface area contributed by atoms with Gasteiger partial charge in [0.25, 0.3) is 0 Å². The molecule has 0 spiro atoms. The molecule has 1 aromatic heterocycles. The summed E-state index contributed by atoms with van der Waals surface area (Å²) < 4.78 is 15.5. The summed E-state index contributed by atoms with van der Waals surface area (Å²) in [6.45, 7) is 0. The smallest absolute Gasteiger partial charge is 0.242 e. The maximum absolute atomic E-state index is 13.2. The Labute approximate surface area is 172 Å². The normalized spacial score (nSPS) is 17.1. The molecule has 0 radical (unpaired) electrons. The molecule has 2 fully saturated rings. The Morgan fingerprint density at radius 2 is 1.76 bits per heavy atom. The molecule has 1 N–H and O–H groups in total. The van der Waals surface area contributed by atoms with E-state index in [2.05, 4.69) is 20.1 Å². The van der Waals surface area contributed by atoms with Crippen molar-refractivity contribution in [2.75, 3.05) is 5.32 Å². The van der Waals surface area contributed by atoms with Crippen LogP contribution in [-0.2, 0) is 4.79 Å². The molecule has 0 saturated heterocycles. The molecule has 2 aliphatic carbocycles. The summed E-state index contributed by atoms with van der Waals surface area (Å²) in [7, 11) is 0. The van der Waals surface area contributed by atoms with Gasteiger partial charge in [0.2, 0.25) is 5.91 Å². The van der Waals surface area contributed by atoms with E-state index in [-0.39, 0.29) is 11.7 Å². The molecular weight excluding hydrogens is 387 g/mol. The van der Waals surface area contributed by atoms with Crippen LogP contribution < -0.4 is 5.32 Å². The fraction of sp³-hybridized carbons (Fsp3) is 0.318. The van der Waals surface area contributed by atoms with Gasteiger partial charge >= 0.3 is 0 Å². The van der Waals surface area contributed by atoms with Gasteiger partial charge in [0.15, 0.2) is 5.16 Å². The van der Waals surface area contributed by atoms with Crippen LogP contribution in [0.2, 0.25) is 0 Å². The van der Waals surface area contributed by atoms with Gasteiger partial charge in [-0.05, 0) is 55.5 Å². The highest BCUT2D eigenvalue weighted by Crippen LogP contribution is 2.47. The zero-order valence-corrected chi connectivity index (χ0v) is 16.6. The van der Waals surface area contributed by atoms with Crippen molar-refractivity contribution in [1.29, 1.82) is 0 Å². The second-order valence-corrected chi connectivity index (χ2v) is 8.69. The van der Waals surface area contributed by atoms with Crippen LogP contribution in [0.15, 0.2) is 59.8 Å². The molecule has 148 valence electrons. The summed E-state index contributed by atoms with van der Waals surface area (Å²) in [6, 6.07) is 15.9. The van der Waals surface area contributed by atoms with Crippen molar-refractivity contribution in [3.8, 4) is 0 Å². The summed E-state index contributed by atoms with van der Waals surface area (Å²) in [4.78, 5) is 13.2. The van der Waals surface area contributed by atoms with Crippen molar-refractivity contribution in [2.24, 2.45) is 0 Å². The Kier molecular flexibility index (Phi) is 4.83. The fourth-order valence-corrected chi connectivity index (χ4v) is 4.53. The minimum absolute atomic E-state index is 0.161. The largest absolute Gasteiger partial charge is 0.325 e. The van der Waals surface area contributed by atoms with Crippen molar-refractivity contribution in [3.05, 3.63) is 71.8 Å². The molecule has 1 unspecified atom stereocenters. The molecule has 5 rings (SSSR count). The number of carbonyl (C=O) groups is 1. The lowest BCUT2D eigenvalue weighted by Gasteiger charge is -2.17. The first kappa shape index (κ1) is 18.4. The number of hydrogen-bond donors (Lipinski definition) is 1. The summed E-state index contributed by atoms with van der Waals surface area (Å²) in [5.41, 5.74) is 1.47. The molecular formula is C22H21FN4OS. The van der Waals surface area contributed by atoms with Gasteiger partial charge in [-0.15, -0.1) is 10.2 Å². The number of nitrogens with zero attached hydrogens (tertiary/aromatic N) is 3. The second-order valence-electron chi connectivity index (χ2n) is 7.62. The fourth-order valence-electron chi connectivity index (χ4n) is 3.41. The minimum Gasteiger partial charge on any atom is -0.325 e. The van der Waals surface area contributed by atoms with Crippen LogP contribution in [0.4, 0.5) is 10.1 Å². The van der Waals surface area contributed by atoms with E-state index in [0.29, 0.717) is 17.6 Å². The van der Waals surface area contributed by atoms with E-state index in [1.165, 1.54) is 36.7 Å². The molecule has 2 saturated carbocycles. The molecule has 1 atom stereocenters. The zero-order valence-electron chi connectivity index (χ0n) is 15.8. The van der Waals surface area contributed by atoms with E-state index in [9.17, 15) is 9.18 Å². The molecule has 1 heterocycles. The number of carbonyl (C=O) groups excluding carboxylic acids is 1. The van der Waals surface area contributed by atoms with Crippen LogP contribution in [0, 0.1) is 5.82 Å². The standard InChI is InChI=1S/C22H21FN4OS/c23-16-8-10-17(11-9-16)24-21(28)19(14-4-2-1-3-5-14)29-22-26-25-20(15-6-7-15)27(22)18-12-13-18/h1-5,8-11,15,18-19H,6-7,12-13H2,(H,24,28). The number of benzene rings is 2. The first-order valence-corrected chi connectivity index (χ1v) is 10.8. The summed E-state index contributed by atoms with van der Waals surface area (Å²) in [6.07, 6.45) is 4.62. The number of nitrogens with one attached hydrogen (secondary N) is 1. The summed E-state index contributed by atoms with van der Waals surface area (Å²) in [5, 5.41) is 12.1. The molecule has 5 nitrogen and oxygen atoms in total. The van der Waals surface area contributed by atoms with E-state index in [1.807, 2.05) is 30.3 Å². The Balaban J connectivity index is 1.44. The van der Waals surface area contributed by atoms with Gasteiger partial charge in [-0.25, -0.2) is 4.39 Å². The van der Waals surface area contributed by atoms with Crippen LogP contribution in [0.5, 0.6) is 0 Å². The Hall–Kier alpha value is -2.67. The Morgan fingerprint density at radius 1 is 1.03 bits per heavy atom. The Bertz CT molecular complexity index is 1010. The van der Waals surface area contributed by atoms with Gasteiger partial charge in [-0.1, -0.05) is 42.1 Å². The lowest BCUT2D eigenvalue weighted by atomic mass is 10.1. The van der Waals surface area contributed by atoms with Crippen molar-refractivity contribution < 1.29 is 9.18 Å².